The number of hydrogen-bond acceptors (Lipinski definition) is 0. The third kappa shape index (κ3) is 2.77. The molecule has 3 atom stereocenters. The minimum absolute atomic E-state index is 0.783. The van der Waals surface area contributed by atoms with E-state index in [1.165, 1.54) is 32.1 Å². The third-order valence-corrected chi connectivity index (χ3v) is 4.27. The van der Waals surface area contributed by atoms with Crippen LogP contribution in [-0.2, 0) is 0 Å². The molecule has 0 aromatic carbocycles. The smallest absolute Gasteiger partial charge is 0.0171 e. The van der Waals surface area contributed by atoms with Crippen molar-refractivity contribution < 1.29 is 0 Å². The number of halogens is 1. The molecule has 1 heteroatoms. The van der Waals surface area contributed by atoms with Crippen LogP contribution < -0.4 is 0 Å². The lowest BCUT2D eigenvalue weighted by Gasteiger charge is -2.29. The zero-order valence-corrected chi connectivity index (χ0v) is 9.23. The van der Waals surface area contributed by atoms with Gasteiger partial charge in [-0.1, -0.05) is 42.6 Å². The van der Waals surface area contributed by atoms with Gasteiger partial charge in [-0.3, -0.25) is 0 Å². The van der Waals surface area contributed by atoms with Crippen molar-refractivity contribution >= 4 is 15.9 Å². The van der Waals surface area contributed by atoms with Gasteiger partial charge >= 0.3 is 0 Å². The van der Waals surface area contributed by atoms with Crippen molar-refractivity contribution in [1.82, 2.24) is 0 Å². The summed E-state index contributed by atoms with van der Waals surface area (Å²) in [4.78, 5) is 0.783. The molecule has 0 heterocycles. The van der Waals surface area contributed by atoms with Gasteiger partial charge in [0.1, 0.15) is 0 Å². The van der Waals surface area contributed by atoms with E-state index in [-0.39, 0.29) is 0 Å². The molecule has 0 saturated heterocycles. The molecule has 3 unspecified atom stereocenters. The molecule has 66 valence electrons. The topological polar surface area (TPSA) is 0 Å². The normalized spacial score (nSPS) is 35.2. The highest BCUT2D eigenvalue weighted by Gasteiger charge is 2.23. The molecule has 0 aromatic heterocycles. The van der Waals surface area contributed by atoms with Gasteiger partial charge in [-0.15, -0.1) is 0 Å². The molecule has 0 aliphatic heterocycles. The van der Waals surface area contributed by atoms with Gasteiger partial charge in [0.15, 0.2) is 0 Å². The molecule has 1 rings (SSSR count). The van der Waals surface area contributed by atoms with Gasteiger partial charge < -0.3 is 0 Å². The standard InChI is InChI=1S/C10H19Br/c1-3-10(11)9-6-4-5-8(2)7-9/h8-10H,3-7H2,1-2H3. The zero-order chi connectivity index (χ0) is 8.27. The molecule has 0 spiro atoms. The van der Waals surface area contributed by atoms with Gasteiger partial charge in [0.05, 0.1) is 0 Å². The summed E-state index contributed by atoms with van der Waals surface area (Å²) in [6, 6.07) is 0. The number of hydrogen-bond donors (Lipinski definition) is 0. The van der Waals surface area contributed by atoms with Crippen molar-refractivity contribution in [2.24, 2.45) is 11.8 Å². The maximum absolute atomic E-state index is 3.77. The quantitative estimate of drug-likeness (QED) is 0.616. The van der Waals surface area contributed by atoms with E-state index < -0.39 is 0 Å². The molecule has 0 amide bonds. The molecule has 1 aliphatic carbocycles. The minimum Gasteiger partial charge on any atom is -0.0888 e. The molecule has 0 aromatic rings. The molecule has 0 radical (unpaired) electrons. The fourth-order valence-corrected chi connectivity index (χ4v) is 2.62. The molecule has 11 heavy (non-hydrogen) atoms. The van der Waals surface area contributed by atoms with Crippen molar-refractivity contribution in [3.8, 4) is 0 Å². The average Bonchev–Trinajstić information content (AvgIpc) is 2.03. The lowest BCUT2D eigenvalue weighted by molar-refractivity contribution is 0.276. The van der Waals surface area contributed by atoms with Crippen molar-refractivity contribution in [2.75, 3.05) is 0 Å². The van der Waals surface area contributed by atoms with Gasteiger partial charge in [-0.2, -0.15) is 0 Å². The van der Waals surface area contributed by atoms with Crippen molar-refractivity contribution in [1.29, 1.82) is 0 Å². The third-order valence-electron chi connectivity index (χ3n) is 2.88. The van der Waals surface area contributed by atoms with E-state index in [9.17, 15) is 0 Å². The monoisotopic (exact) mass is 218 g/mol. The SMILES string of the molecule is CCC(Br)C1CCCC(C)C1. The highest BCUT2D eigenvalue weighted by molar-refractivity contribution is 9.09. The van der Waals surface area contributed by atoms with Gasteiger partial charge in [0.25, 0.3) is 0 Å². The van der Waals surface area contributed by atoms with Crippen LogP contribution in [0.3, 0.4) is 0 Å². The molecule has 1 saturated carbocycles. The Morgan fingerprint density at radius 2 is 2.18 bits per heavy atom. The zero-order valence-electron chi connectivity index (χ0n) is 7.65. The summed E-state index contributed by atoms with van der Waals surface area (Å²) < 4.78 is 0. The summed E-state index contributed by atoms with van der Waals surface area (Å²) in [5.41, 5.74) is 0. The van der Waals surface area contributed by atoms with Gasteiger partial charge in [0, 0.05) is 4.83 Å². The second-order valence-electron chi connectivity index (χ2n) is 3.96. The first kappa shape index (κ1) is 9.57. The van der Waals surface area contributed by atoms with Gasteiger partial charge in [-0.25, -0.2) is 0 Å². The predicted molar refractivity (Wildman–Crippen MR) is 54.1 cm³/mol. The van der Waals surface area contributed by atoms with Gasteiger partial charge in [-0.05, 0) is 31.1 Å². The molecule has 0 nitrogen and oxygen atoms in total. The summed E-state index contributed by atoms with van der Waals surface area (Å²) in [5.74, 6) is 1.93. The van der Waals surface area contributed by atoms with Crippen LogP contribution >= 0.6 is 15.9 Å². The Morgan fingerprint density at radius 1 is 1.45 bits per heavy atom. The van der Waals surface area contributed by atoms with Crippen LogP contribution in [0.15, 0.2) is 0 Å². The van der Waals surface area contributed by atoms with Crippen molar-refractivity contribution in [2.45, 2.75) is 50.8 Å². The molecule has 0 bridgehead atoms. The molecule has 1 aliphatic rings. The van der Waals surface area contributed by atoms with E-state index in [0.29, 0.717) is 0 Å². The summed E-state index contributed by atoms with van der Waals surface area (Å²) in [6.07, 6.45) is 7.10. The Kier molecular flexibility index (Phi) is 3.91. The molecule has 0 N–H and O–H groups in total. The molecular weight excluding hydrogens is 200 g/mol. The van der Waals surface area contributed by atoms with Crippen LogP contribution in [0.4, 0.5) is 0 Å². The largest absolute Gasteiger partial charge is 0.0888 e. The maximum atomic E-state index is 3.77. The Balaban J connectivity index is 2.33. The van der Waals surface area contributed by atoms with E-state index in [1.54, 1.807) is 0 Å². The van der Waals surface area contributed by atoms with Crippen LogP contribution in [0, 0.1) is 11.8 Å². The van der Waals surface area contributed by atoms with Gasteiger partial charge in [0.2, 0.25) is 0 Å². The fourth-order valence-electron chi connectivity index (χ4n) is 2.14. The second kappa shape index (κ2) is 4.49. The van der Waals surface area contributed by atoms with E-state index in [1.807, 2.05) is 0 Å². The van der Waals surface area contributed by atoms with E-state index in [4.69, 9.17) is 0 Å². The first-order valence-corrected chi connectivity index (χ1v) is 5.79. The first-order chi connectivity index (χ1) is 5.24. The summed E-state index contributed by atoms with van der Waals surface area (Å²) in [7, 11) is 0. The summed E-state index contributed by atoms with van der Waals surface area (Å²) in [5, 5.41) is 0. The molecular formula is C10H19Br. The van der Waals surface area contributed by atoms with Crippen LogP contribution in [0.25, 0.3) is 0 Å². The number of rotatable bonds is 2. The lowest BCUT2D eigenvalue weighted by Crippen LogP contribution is -2.21. The predicted octanol–water partition coefficient (Wildman–Crippen LogP) is 3.99. The second-order valence-corrected chi connectivity index (χ2v) is 5.13. The lowest BCUT2D eigenvalue weighted by atomic mass is 9.80. The van der Waals surface area contributed by atoms with Crippen LogP contribution in [0.2, 0.25) is 0 Å². The summed E-state index contributed by atoms with van der Waals surface area (Å²) >= 11 is 3.77. The Labute approximate surface area is 78.9 Å². The van der Waals surface area contributed by atoms with Crippen LogP contribution in [0.5, 0.6) is 0 Å². The van der Waals surface area contributed by atoms with E-state index >= 15 is 0 Å². The van der Waals surface area contributed by atoms with Crippen molar-refractivity contribution in [3.05, 3.63) is 0 Å². The summed E-state index contributed by atoms with van der Waals surface area (Å²) in [6.45, 7) is 4.67. The Morgan fingerprint density at radius 3 is 2.73 bits per heavy atom. The number of alkyl halides is 1. The highest BCUT2D eigenvalue weighted by Crippen LogP contribution is 2.34. The highest BCUT2D eigenvalue weighted by atomic mass is 79.9. The Bertz CT molecular complexity index is 111. The first-order valence-electron chi connectivity index (χ1n) is 4.88. The van der Waals surface area contributed by atoms with Crippen LogP contribution in [-0.4, -0.2) is 4.83 Å². The minimum atomic E-state index is 0.783. The van der Waals surface area contributed by atoms with Crippen LogP contribution in [0.1, 0.15) is 46.0 Å². The fraction of sp³-hybridized carbons (Fsp3) is 1.00. The Hall–Kier alpha value is 0.480. The maximum Gasteiger partial charge on any atom is 0.0171 e. The average molecular weight is 219 g/mol. The molecule has 1 fully saturated rings. The van der Waals surface area contributed by atoms with E-state index in [2.05, 4.69) is 29.8 Å². The van der Waals surface area contributed by atoms with E-state index in [0.717, 1.165) is 16.7 Å². The van der Waals surface area contributed by atoms with Crippen molar-refractivity contribution in [3.63, 3.8) is 0 Å².